The van der Waals surface area contributed by atoms with Gasteiger partial charge in [-0.25, -0.2) is 0 Å². The van der Waals surface area contributed by atoms with Gasteiger partial charge in [-0.1, -0.05) is 18.2 Å². The van der Waals surface area contributed by atoms with Gasteiger partial charge in [0, 0.05) is 0 Å². The summed E-state index contributed by atoms with van der Waals surface area (Å²) in [5, 5.41) is 10.2. The number of para-hydroxylation sites is 1. The van der Waals surface area contributed by atoms with Gasteiger partial charge in [-0.15, -0.1) is 0 Å². The largest absolute Gasteiger partial charge is 0.472 e. The van der Waals surface area contributed by atoms with Crippen molar-refractivity contribution in [2.45, 2.75) is 0 Å². The van der Waals surface area contributed by atoms with Crippen LogP contribution in [0.25, 0.3) is 0 Å². The van der Waals surface area contributed by atoms with E-state index in [1.165, 1.54) is 18.6 Å². The Balaban J connectivity index is 2.23. The summed E-state index contributed by atoms with van der Waals surface area (Å²) in [5.74, 6) is -0.519. The zero-order chi connectivity index (χ0) is 10.7. The fourth-order valence-corrected chi connectivity index (χ4v) is 1.19. The topological polar surface area (TPSA) is 53.7 Å². The Kier molecular flexibility index (Phi) is 2.51. The molecule has 0 aliphatic heterocycles. The van der Waals surface area contributed by atoms with Crippen LogP contribution in [0, 0.1) is 0 Å². The molecule has 4 nitrogen and oxygen atoms in total. The SMILES string of the molecule is O=C(c1ccoc1)N(O)c1ccccc1. The van der Waals surface area contributed by atoms with E-state index in [2.05, 4.69) is 0 Å². The summed E-state index contributed by atoms with van der Waals surface area (Å²) >= 11 is 0. The summed E-state index contributed by atoms with van der Waals surface area (Å²) in [7, 11) is 0. The first-order valence-electron chi connectivity index (χ1n) is 4.39. The van der Waals surface area contributed by atoms with Gasteiger partial charge in [-0.2, -0.15) is 5.06 Å². The molecule has 2 aromatic rings. The molecule has 1 aromatic carbocycles. The molecule has 0 atom stereocenters. The number of amides is 1. The summed E-state index contributed by atoms with van der Waals surface area (Å²) in [6.07, 6.45) is 2.67. The van der Waals surface area contributed by atoms with E-state index < -0.39 is 5.91 Å². The molecule has 0 unspecified atom stereocenters. The number of hydrogen-bond acceptors (Lipinski definition) is 3. The highest BCUT2D eigenvalue weighted by atomic mass is 16.5. The van der Waals surface area contributed by atoms with Crippen LogP contribution in [-0.2, 0) is 0 Å². The minimum absolute atomic E-state index is 0.307. The molecule has 0 radical (unpaired) electrons. The molecule has 1 aromatic heterocycles. The van der Waals surface area contributed by atoms with Crippen LogP contribution in [0.3, 0.4) is 0 Å². The van der Waals surface area contributed by atoms with Crippen molar-refractivity contribution in [2.24, 2.45) is 0 Å². The molecule has 1 N–H and O–H groups in total. The number of benzene rings is 1. The molecule has 15 heavy (non-hydrogen) atoms. The summed E-state index contributed by atoms with van der Waals surface area (Å²) in [6.45, 7) is 0. The maximum absolute atomic E-state index is 11.6. The second-order valence-corrected chi connectivity index (χ2v) is 2.96. The molecule has 0 saturated carbocycles. The normalized spacial score (nSPS) is 9.93. The van der Waals surface area contributed by atoms with E-state index in [4.69, 9.17) is 4.42 Å². The highest BCUT2D eigenvalue weighted by Gasteiger charge is 2.15. The number of furan rings is 1. The molecule has 0 saturated heterocycles. The molecular weight excluding hydrogens is 194 g/mol. The van der Waals surface area contributed by atoms with Gasteiger partial charge in [0.1, 0.15) is 6.26 Å². The number of carbonyl (C=O) groups excluding carboxylic acids is 1. The fourth-order valence-electron chi connectivity index (χ4n) is 1.19. The zero-order valence-electron chi connectivity index (χ0n) is 7.83. The highest BCUT2D eigenvalue weighted by molar-refractivity contribution is 6.04. The Morgan fingerprint density at radius 3 is 2.53 bits per heavy atom. The number of hydrogen-bond donors (Lipinski definition) is 1. The van der Waals surface area contributed by atoms with E-state index in [-0.39, 0.29) is 0 Å². The van der Waals surface area contributed by atoms with Crippen LogP contribution in [0.1, 0.15) is 10.4 Å². The standard InChI is InChI=1S/C11H9NO3/c13-11(9-6-7-15-8-9)12(14)10-4-2-1-3-5-10/h1-8,14H. The molecule has 2 rings (SSSR count). The fraction of sp³-hybridized carbons (Fsp3) is 0. The van der Waals surface area contributed by atoms with E-state index in [0.717, 1.165) is 0 Å². The number of hydroxylamine groups is 1. The van der Waals surface area contributed by atoms with Crippen molar-refractivity contribution in [3.05, 3.63) is 54.5 Å². The minimum atomic E-state index is -0.519. The molecule has 76 valence electrons. The van der Waals surface area contributed by atoms with Gasteiger partial charge in [0.2, 0.25) is 0 Å². The lowest BCUT2D eigenvalue weighted by molar-refractivity contribution is 0.0854. The van der Waals surface area contributed by atoms with Crippen molar-refractivity contribution in [3.8, 4) is 0 Å². The zero-order valence-corrected chi connectivity index (χ0v) is 7.83. The lowest BCUT2D eigenvalue weighted by Crippen LogP contribution is -2.26. The lowest BCUT2D eigenvalue weighted by atomic mass is 10.2. The van der Waals surface area contributed by atoms with Gasteiger partial charge in [0.25, 0.3) is 5.91 Å². The number of rotatable bonds is 2. The van der Waals surface area contributed by atoms with E-state index in [1.807, 2.05) is 0 Å². The molecule has 0 fully saturated rings. The Bertz CT molecular complexity index is 436. The molecule has 0 spiro atoms. The third-order valence-electron chi connectivity index (χ3n) is 1.96. The Morgan fingerprint density at radius 1 is 1.20 bits per heavy atom. The van der Waals surface area contributed by atoms with E-state index in [9.17, 15) is 10.0 Å². The molecule has 1 heterocycles. The predicted molar refractivity (Wildman–Crippen MR) is 53.7 cm³/mol. The smallest absolute Gasteiger partial charge is 0.285 e. The molecule has 4 heteroatoms. The van der Waals surface area contributed by atoms with Crippen LogP contribution in [0.2, 0.25) is 0 Å². The van der Waals surface area contributed by atoms with Crippen molar-refractivity contribution in [1.82, 2.24) is 0 Å². The van der Waals surface area contributed by atoms with Gasteiger partial charge >= 0.3 is 0 Å². The van der Waals surface area contributed by atoms with Gasteiger partial charge in [0.05, 0.1) is 17.5 Å². The van der Waals surface area contributed by atoms with Gasteiger partial charge in [-0.3, -0.25) is 10.0 Å². The molecule has 0 aliphatic carbocycles. The monoisotopic (exact) mass is 203 g/mol. The van der Waals surface area contributed by atoms with Crippen LogP contribution in [0.5, 0.6) is 0 Å². The van der Waals surface area contributed by atoms with Crippen LogP contribution in [0.4, 0.5) is 5.69 Å². The van der Waals surface area contributed by atoms with Crippen LogP contribution in [0.15, 0.2) is 53.3 Å². The van der Waals surface area contributed by atoms with Crippen molar-refractivity contribution < 1.29 is 14.4 Å². The maximum atomic E-state index is 11.6. The number of nitrogens with zero attached hydrogens (tertiary/aromatic N) is 1. The summed E-state index contributed by atoms with van der Waals surface area (Å²) in [4.78, 5) is 11.6. The molecule has 0 aliphatic rings. The predicted octanol–water partition coefficient (Wildman–Crippen LogP) is 2.32. The molecular formula is C11H9NO3. The van der Waals surface area contributed by atoms with Crippen molar-refractivity contribution in [3.63, 3.8) is 0 Å². The second-order valence-electron chi connectivity index (χ2n) is 2.96. The van der Waals surface area contributed by atoms with Crippen LogP contribution >= 0.6 is 0 Å². The third kappa shape index (κ3) is 1.89. The number of carbonyl (C=O) groups is 1. The van der Waals surface area contributed by atoms with E-state index in [1.54, 1.807) is 30.3 Å². The Morgan fingerprint density at radius 2 is 1.93 bits per heavy atom. The first kappa shape index (κ1) is 9.48. The first-order chi connectivity index (χ1) is 7.29. The summed E-state index contributed by atoms with van der Waals surface area (Å²) in [6, 6.07) is 10.0. The Hall–Kier alpha value is -2.07. The third-order valence-corrected chi connectivity index (χ3v) is 1.96. The van der Waals surface area contributed by atoms with Gasteiger partial charge < -0.3 is 4.42 Å². The number of anilines is 1. The Labute approximate surface area is 86.3 Å². The summed E-state index contributed by atoms with van der Waals surface area (Å²) in [5.41, 5.74) is 0.727. The van der Waals surface area contributed by atoms with Crippen LogP contribution in [-0.4, -0.2) is 11.1 Å². The van der Waals surface area contributed by atoms with Crippen molar-refractivity contribution in [2.75, 3.05) is 5.06 Å². The first-order valence-corrected chi connectivity index (χ1v) is 4.39. The van der Waals surface area contributed by atoms with Crippen molar-refractivity contribution >= 4 is 11.6 Å². The molecule has 0 bridgehead atoms. The molecule has 1 amide bonds. The highest BCUT2D eigenvalue weighted by Crippen LogP contribution is 2.14. The van der Waals surface area contributed by atoms with E-state index in [0.29, 0.717) is 16.3 Å². The second kappa shape index (κ2) is 3.98. The lowest BCUT2D eigenvalue weighted by Gasteiger charge is -2.13. The van der Waals surface area contributed by atoms with Crippen LogP contribution < -0.4 is 5.06 Å². The summed E-state index contributed by atoms with van der Waals surface area (Å²) < 4.78 is 4.76. The van der Waals surface area contributed by atoms with Gasteiger partial charge in [0.15, 0.2) is 0 Å². The van der Waals surface area contributed by atoms with Crippen molar-refractivity contribution in [1.29, 1.82) is 0 Å². The average Bonchev–Trinajstić information content (AvgIpc) is 2.82. The quantitative estimate of drug-likeness (QED) is 0.602. The average molecular weight is 203 g/mol. The van der Waals surface area contributed by atoms with Gasteiger partial charge in [-0.05, 0) is 18.2 Å². The minimum Gasteiger partial charge on any atom is -0.472 e. The maximum Gasteiger partial charge on any atom is 0.285 e. The van der Waals surface area contributed by atoms with E-state index >= 15 is 0 Å².